The third-order valence-electron chi connectivity index (χ3n) is 3.66. The number of hydrogen-bond donors (Lipinski definition) is 1. The number of phenols is 1. The summed E-state index contributed by atoms with van der Waals surface area (Å²) >= 11 is 0. The molecule has 0 saturated heterocycles. The quantitative estimate of drug-likeness (QED) is 0.343. The maximum Gasteiger partial charge on any atom is 0.161 e. The van der Waals surface area contributed by atoms with Crippen molar-refractivity contribution < 1.29 is 14.6 Å². The SMILES string of the molecule is CCCCCCCCC(=O)C=CC=Cc1ccc(O)c(OC)c1. The third kappa shape index (κ3) is 8.24. The van der Waals surface area contributed by atoms with E-state index in [0.717, 1.165) is 18.4 Å². The van der Waals surface area contributed by atoms with Gasteiger partial charge in [-0.15, -0.1) is 0 Å². The van der Waals surface area contributed by atoms with Crippen molar-refractivity contribution >= 4 is 11.9 Å². The fraction of sp³-hybridized carbons (Fsp3) is 0.450. The van der Waals surface area contributed by atoms with E-state index in [0.29, 0.717) is 12.2 Å². The van der Waals surface area contributed by atoms with Crippen LogP contribution in [0.25, 0.3) is 6.08 Å². The van der Waals surface area contributed by atoms with E-state index in [1.54, 1.807) is 30.4 Å². The largest absolute Gasteiger partial charge is 0.504 e. The number of methoxy groups -OCH3 is 1. The lowest BCUT2D eigenvalue weighted by atomic mass is 10.1. The molecule has 126 valence electrons. The topological polar surface area (TPSA) is 46.5 Å². The monoisotopic (exact) mass is 316 g/mol. The lowest BCUT2D eigenvalue weighted by Crippen LogP contribution is -1.92. The number of carbonyl (C=O) groups is 1. The van der Waals surface area contributed by atoms with Crippen LogP contribution in [0.3, 0.4) is 0 Å². The maximum absolute atomic E-state index is 11.7. The van der Waals surface area contributed by atoms with Crippen LogP contribution in [0.4, 0.5) is 0 Å². The van der Waals surface area contributed by atoms with Gasteiger partial charge in [-0.3, -0.25) is 4.79 Å². The summed E-state index contributed by atoms with van der Waals surface area (Å²) in [6.45, 7) is 2.20. The lowest BCUT2D eigenvalue weighted by Gasteiger charge is -2.03. The normalized spacial score (nSPS) is 11.4. The van der Waals surface area contributed by atoms with Gasteiger partial charge >= 0.3 is 0 Å². The van der Waals surface area contributed by atoms with E-state index < -0.39 is 0 Å². The number of unbranched alkanes of at least 4 members (excludes halogenated alkanes) is 5. The van der Waals surface area contributed by atoms with Crippen LogP contribution in [-0.4, -0.2) is 18.0 Å². The Hall–Kier alpha value is -2.03. The molecule has 0 spiro atoms. The molecule has 0 saturated carbocycles. The molecule has 1 rings (SSSR count). The highest BCUT2D eigenvalue weighted by atomic mass is 16.5. The van der Waals surface area contributed by atoms with Gasteiger partial charge in [-0.1, -0.05) is 63.3 Å². The van der Waals surface area contributed by atoms with E-state index in [1.165, 1.54) is 32.8 Å². The minimum atomic E-state index is 0.120. The zero-order valence-corrected chi connectivity index (χ0v) is 14.3. The first-order chi connectivity index (χ1) is 11.2. The molecule has 23 heavy (non-hydrogen) atoms. The summed E-state index contributed by atoms with van der Waals surface area (Å²) in [5.74, 6) is 0.734. The Kier molecular flexibility index (Phi) is 9.53. The van der Waals surface area contributed by atoms with Gasteiger partial charge < -0.3 is 9.84 Å². The third-order valence-corrected chi connectivity index (χ3v) is 3.66. The number of phenolic OH excluding ortho intramolecular Hbond substituents is 1. The van der Waals surface area contributed by atoms with Crippen LogP contribution in [0.5, 0.6) is 11.5 Å². The molecule has 3 nitrogen and oxygen atoms in total. The first-order valence-electron chi connectivity index (χ1n) is 8.42. The standard InChI is InChI=1S/C20H28O3/c1-3-4-5-6-7-8-12-18(21)13-10-9-11-17-14-15-19(22)20(16-17)23-2/h9-11,13-16,22H,3-8,12H2,1-2H3. The molecule has 0 aliphatic carbocycles. The summed E-state index contributed by atoms with van der Waals surface area (Å²) in [6.07, 6.45) is 14.9. The van der Waals surface area contributed by atoms with Crippen LogP contribution in [0.2, 0.25) is 0 Å². The molecule has 0 fully saturated rings. The lowest BCUT2D eigenvalue weighted by molar-refractivity contribution is -0.114. The summed E-state index contributed by atoms with van der Waals surface area (Å²) < 4.78 is 5.05. The Morgan fingerprint density at radius 3 is 2.61 bits per heavy atom. The molecule has 1 aromatic carbocycles. The van der Waals surface area contributed by atoms with Crippen molar-refractivity contribution in [3.8, 4) is 11.5 Å². The fourth-order valence-corrected chi connectivity index (χ4v) is 2.29. The Balaban J connectivity index is 2.30. The molecule has 3 heteroatoms. The van der Waals surface area contributed by atoms with Crippen LogP contribution in [0.1, 0.15) is 57.4 Å². The number of ketones is 1. The highest BCUT2D eigenvalue weighted by molar-refractivity contribution is 5.89. The van der Waals surface area contributed by atoms with Crippen molar-refractivity contribution in [1.82, 2.24) is 0 Å². The summed E-state index contributed by atoms with van der Waals surface area (Å²) in [5.41, 5.74) is 0.910. The molecule has 0 radical (unpaired) electrons. The van der Waals surface area contributed by atoms with E-state index in [4.69, 9.17) is 4.74 Å². The average molecular weight is 316 g/mol. The second-order valence-corrected chi connectivity index (χ2v) is 5.63. The van der Waals surface area contributed by atoms with E-state index in [-0.39, 0.29) is 11.5 Å². The van der Waals surface area contributed by atoms with Crippen LogP contribution < -0.4 is 4.74 Å². The van der Waals surface area contributed by atoms with Gasteiger partial charge in [-0.05, 0) is 30.2 Å². The maximum atomic E-state index is 11.7. The molecule has 0 atom stereocenters. The van der Waals surface area contributed by atoms with Crippen LogP contribution in [0.15, 0.2) is 36.4 Å². The predicted octanol–water partition coefficient (Wildman–Crippen LogP) is 5.29. The van der Waals surface area contributed by atoms with Crippen molar-refractivity contribution in [2.45, 2.75) is 51.9 Å². The molecule has 0 aliphatic heterocycles. The van der Waals surface area contributed by atoms with E-state index >= 15 is 0 Å². The van der Waals surface area contributed by atoms with Gasteiger partial charge in [0.15, 0.2) is 17.3 Å². The Bertz CT molecular complexity index is 530. The van der Waals surface area contributed by atoms with Crippen molar-refractivity contribution in [2.75, 3.05) is 7.11 Å². The van der Waals surface area contributed by atoms with E-state index in [2.05, 4.69) is 6.92 Å². The molecule has 1 N–H and O–H groups in total. The van der Waals surface area contributed by atoms with Crippen LogP contribution in [0, 0.1) is 0 Å². The number of benzene rings is 1. The van der Waals surface area contributed by atoms with E-state index in [9.17, 15) is 9.90 Å². The molecule has 0 aliphatic rings. The Morgan fingerprint density at radius 1 is 1.13 bits per heavy atom. The second-order valence-electron chi connectivity index (χ2n) is 5.63. The molecule has 0 unspecified atom stereocenters. The highest BCUT2D eigenvalue weighted by Crippen LogP contribution is 2.26. The summed E-state index contributed by atoms with van der Waals surface area (Å²) in [4.78, 5) is 11.7. The number of aromatic hydroxyl groups is 1. The number of ether oxygens (including phenoxy) is 1. The van der Waals surface area contributed by atoms with Gasteiger partial charge in [-0.25, -0.2) is 0 Å². The van der Waals surface area contributed by atoms with Gasteiger partial charge in [0.1, 0.15) is 0 Å². The number of carbonyl (C=O) groups excluding carboxylic acids is 1. The molecular weight excluding hydrogens is 288 g/mol. The number of allylic oxidation sites excluding steroid dienone is 3. The van der Waals surface area contributed by atoms with Crippen LogP contribution in [-0.2, 0) is 4.79 Å². The minimum absolute atomic E-state index is 0.120. The minimum Gasteiger partial charge on any atom is -0.504 e. The average Bonchev–Trinajstić information content (AvgIpc) is 2.56. The summed E-state index contributed by atoms with van der Waals surface area (Å²) in [5, 5.41) is 9.52. The molecule has 0 aromatic heterocycles. The molecule has 1 aromatic rings. The van der Waals surface area contributed by atoms with Crippen molar-refractivity contribution in [3.05, 3.63) is 42.0 Å². The first-order valence-corrected chi connectivity index (χ1v) is 8.42. The van der Waals surface area contributed by atoms with Gasteiger partial charge in [0, 0.05) is 6.42 Å². The smallest absolute Gasteiger partial charge is 0.161 e. The van der Waals surface area contributed by atoms with Crippen molar-refractivity contribution in [3.63, 3.8) is 0 Å². The van der Waals surface area contributed by atoms with E-state index in [1.807, 2.05) is 12.2 Å². The van der Waals surface area contributed by atoms with Gasteiger partial charge in [0.05, 0.1) is 7.11 Å². The summed E-state index contributed by atoms with van der Waals surface area (Å²) in [7, 11) is 1.52. The summed E-state index contributed by atoms with van der Waals surface area (Å²) in [6, 6.07) is 5.13. The molecule has 0 bridgehead atoms. The zero-order chi connectivity index (χ0) is 16.9. The van der Waals surface area contributed by atoms with Crippen molar-refractivity contribution in [2.24, 2.45) is 0 Å². The fourth-order valence-electron chi connectivity index (χ4n) is 2.29. The Morgan fingerprint density at radius 2 is 1.87 bits per heavy atom. The predicted molar refractivity (Wildman–Crippen MR) is 95.8 cm³/mol. The van der Waals surface area contributed by atoms with Crippen LogP contribution >= 0.6 is 0 Å². The molecule has 0 amide bonds. The molecule has 0 heterocycles. The zero-order valence-electron chi connectivity index (χ0n) is 14.3. The number of hydrogen-bond acceptors (Lipinski definition) is 3. The van der Waals surface area contributed by atoms with Gasteiger partial charge in [0.2, 0.25) is 0 Å². The van der Waals surface area contributed by atoms with Crippen molar-refractivity contribution in [1.29, 1.82) is 0 Å². The van der Waals surface area contributed by atoms with Gasteiger partial charge in [-0.2, -0.15) is 0 Å². The number of rotatable bonds is 11. The first kappa shape index (κ1) is 19.0. The van der Waals surface area contributed by atoms with Gasteiger partial charge in [0.25, 0.3) is 0 Å². The second kappa shape index (κ2) is 11.5. The Labute approximate surface area is 139 Å². The molecular formula is C20H28O3. The highest BCUT2D eigenvalue weighted by Gasteiger charge is 2.00.